The van der Waals surface area contributed by atoms with Crippen molar-refractivity contribution >= 4 is 33.3 Å². The van der Waals surface area contributed by atoms with Gasteiger partial charge in [-0.2, -0.15) is 0 Å². The van der Waals surface area contributed by atoms with Gasteiger partial charge in [0.15, 0.2) is 5.82 Å². The van der Waals surface area contributed by atoms with Crippen LogP contribution in [0.3, 0.4) is 0 Å². The van der Waals surface area contributed by atoms with Gasteiger partial charge in [0, 0.05) is 10.7 Å². The van der Waals surface area contributed by atoms with Gasteiger partial charge in [-0.05, 0) is 29.8 Å². The third kappa shape index (κ3) is 3.30. The number of hydrogen-bond acceptors (Lipinski definition) is 3. The summed E-state index contributed by atoms with van der Waals surface area (Å²) in [6.45, 7) is 0. The van der Waals surface area contributed by atoms with Gasteiger partial charge >= 0.3 is 0 Å². The van der Waals surface area contributed by atoms with Gasteiger partial charge in [0.1, 0.15) is 0 Å². The zero-order valence-corrected chi connectivity index (χ0v) is 11.1. The minimum atomic E-state index is -0.140. The predicted octanol–water partition coefficient (Wildman–Crippen LogP) is 2.61. The van der Waals surface area contributed by atoms with Crippen LogP contribution >= 0.6 is 15.9 Å². The van der Waals surface area contributed by atoms with E-state index in [9.17, 15) is 4.79 Å². The van der Waals surface area contributed by atoms with Crippen molar-refractivity contribution in [1.29, 1.82) is 0 Å². The molecule has 0 atom stereocenters. The zero-order chi connectivity index (χ0) is 13.0. The number of benzene rings is 1. The van der Waals surface area contributed by atoms with Gasteiger partial charge in [0.2, 0.25) is 5.91 Å². The molecule has 0 aliphatic heterocycles. The van der Waals surface area contributed by atoms with E-state index in [1.165, 1.54) is 0 Å². The average molecular weight is 306 g/mol. The van der Waals surface area contributed by atoms with Gasteiger partial charge in [0.05, 0.1) is 12.1 Å². The molecule has 0 bridgehead atoms. The van der Waals surface area contributed by atoms with Crippen LogP contribution < -0.4 is 11.1 Å². The fourth-order valence-corrected chi connectivity index (χ4v) is 1.98. The summed E-state index contributed by atoms with van der Waals surface area (Å²) in [5.41, 5.74) is 7.09. The van der Waals surface area contributed by atoms with Gasteiger partial charge in [-0.1, -0.05) is 28.1 Å². The van der Waals surface area contributed by atoms with Gasteiger partial charge in [-0.15, -0.1) is 0 Å². The Kier molecular flexibility index (Phi) is 3.94. The molecule has 18 heavy (non-hydrogen) atoms. The zero-order valence-electron chi connectivity index (χ0n) is 9.56. The molecular weight excluding hydrogens is 294 g/mol. The summed E-state index contributed by atoms with van der Waals surface area (Å²) in [5.74, 6) is 0.260. The largest absolute Gasteiger partial charge is 0.396 e. The van der Waals surface area contributed by atoms with Crippen LogP contribution in [0.25, 0.3) is 0 Å². The van der Waals surface area contributed by atoms with Crippen LogP contribution in [0.5, 0.6) is 0 Å². The number of hydrogen-bond donors (Lipinski definition) is 2. The molecule has 2 aromatic rings. The molecule has 1 amide bonds. The second kappa shape index (κ2) is 5.64. The molecule has 1 aromatic heterocycles. The van der Waals surface area contributed by atoms with Crippen LogP contribution in [-0.2, 0) is 11.2 Å². The van der Waals surface area contributed by atoms with E-state index in [0.717, 1.165) is 10.0 Å². The summed E-state index contributed by atoms with van der Waals surface area (Å²) in [6.07, 6.45) is 1.88. The van der Waals surface area contributed by atoms with E-state index in [4.69, 9.17) is 5.73 Å². The number of carbonyl (C=O) groups excluding carboxylic acids is 1. The molecule has 0 saturated heterocycles. The standard InChI is InChI=1S/C13H12BrN3O/c14-10-4-1-3-9(7-10)8-12(18)17-13-11(15)5-2-6-16-13/h1-7H,8,15H2,(H,16,17,18). The first-order chi connectivity index (χ1) is 8.65. The number of halogens is 1. The number of nitrogens with two attached hydrogens (primary N) is 1. The van der Waals surface area contributed by atoms with E-state index in [1.807, 2.05) is 24.3 Å². The fraction of sp³-hybridized carbons (Fsp3) is 0.0769. The molecule has 0 spiro atoms. The smallest absolute Gasteiger partial charge is 0.230 e. The van der Waals surface area contributed by atoms with E-state index >= 15 is 0 Å². The molecule has 0 fully saturated rings. The number of rotatable bonds is 3. The molecule has 0 saturated carbocycles. The number of pyridine rings is 1. The lowest BCUT2D eigenvalue weighted by Crippen LogP contribution is -2.16. The maximum Gasteiger partial charge on any atom is 0.230 e. The fourth-order valence-electron chi connectivity index (χ4n) is 1.53. The normalized spacial score (nSPS) is 10.1. The number of nitrogens with zero attached hydrogens (tertiary/aromatic N) is 1. The molecule has 2 rings (SSSR count). The van der Waals surface area contributed by atoms with Crippen LogP contribution in [0.4, 0.5) is 11.5 Å². The van der Waals surface area contributed by atoms with Crippen molar-refractivity contribution in [3.05, 3.63) is 52.6 Å². The minimum absolute atomic E-state index is 0.140. The Morgan fingerprint density at radius 2 is 2.17 bits per heavy atom. The first-order valence-electron chi connectivity index (χ1n) is 5.40. The molecule has 0 radical (unpaired) electrons. The Bertz CT molecular complexity index is 572. The summed E-state index contributed by atoms with van der Waals surface area (Å²) < 4.78 is 0.949. The maximum absolute atomic E-state index is 11.8. The minimum Gasteiger partial charge on any atom is -0.396 e. The Balaban J connectivity index is 2.03. The van der Waals surface area contributed by atoms with Gasteiger partial charge in [-0.25, -0.2) is 4.98 Å². The quantitative estimate of drug-likeness (QED) is 0.916. The van der Waals surface area contributed by atoms with E-state index in [0.29, 0.717) is 11.5 Å². The molecule has 4 nitrogen and oxygen atoms in total. The predicted molar refractivity (Wildman–Crippen MR) is 75.1 cm³/mol. The average Bonchev–Trinajstić information content (AvgIpc) is 2.32. The molecule has 0 aliphatic rings. The Hall–Kier alpha value is -1.88. The van der Waals surface area contributed by atoms with Crippen molar-refractivity contribution in [3.63, 3.8) is 0 Å². The molecule has 1 aromatic carbocycles. The summed E-state index contributed by atoms with van der Waals surface area (Å²) in [7, 11) is 0. The lowest BCUT2D eigenvalue weighted by Gasteiger charge is -2.06. The lowest BCUT2D eigenvalue weighted by atomic mass is 10.1. The summed E-state index contributed by atoms with van der Waals surface area (Å²) in [4.78, 5) is 15.8. The van der Waals surface area contributed by atoms with Crippen LogP contribution in [0, 0.1) is 0 Å². The van der Waals surface area contributed by atoms with Crippen molar-refractivity contribution in [3.8, 4) is 0 Å². The third-order valence-electron chi connectivity index (χ3n) is 2.35. The monoisotopic (exact) mass is 305 g/mol. The van der Waals surface area contributed by atoms with Crippen LogP contribution in [-0.4, -0.2) is 10.9 Å². The Labute approximate surface area is 113 Å². The van der Waals surface area contributed by atoms with Crippen molar-refractivity contribution in [2.75, 3.05) is 11.1 Å². The van der Waals surface area contributed by atoms with Crippen LogP contribution in [0.2, 0.25) is 0 Å². The first-order valence-corrected chi connectivity index (χ1v) is 6.19. The summed E-state index contributed by atoms with van der Waals surface area (Å²) >= 11 is 3.37. The second-order valence-electron chi connectivity index (χ2n) is 3.80. The number of nitrogen functional groups attached to an aromatic ring is 1. The molecule has 0 aliphatic carbocycles. The highest BCUT2D eigenvalue weighted by Crippen LogP contribution is 2.15. The van der Waals surface area contributed by atoms with Crippen molar-refractivity contribution in [2.45, 2.75) is 6.42 Å². The number of aromatic nitrogens is 1. The highest BCUT2D eigenvalue weighted by Gasteiger charge is 2.07. The SMILES string of the molecule is Nc1cccnc1NC(=O)Cc1cccc(Br)c1. The van der Waals surface area contributed by atoms with Crippen LogP contribution in [0.15, 0.2) is 47.1 Å². The summed E-state index contributed by atoms with van der Waals surface area (Å²) in [6, 6.07) is 11.0. The first kappa shape index (κ1) is 12.6. The van der Waals surface area contributed by atoms with Gasteiger partial charge in [-0.3, -0.25) is 4.79 Å². The topological polar surface area (TPSA) is 68.0 Å². The number of carbonyl (C=O) groups is 1. The maximum atomic E-state index is 11.8. The van der Waals surface area contributed by atoms with Gasteiger partial charge < -0.3 is 11.1 Å². The van der Waals surface area contributed by atoms with E-state index in [1.54, 1.807) is 18.3 Å². The summed E-state index contributed by atoms with van der Waals surface area (Å²) in [5, 5.41) is 2.69. The highest BCUT2D eigenvalue weighted by atomic mass is 79.9. The van der Waals surface area contributed by atoms with Crippen molar-refractivity contribution < 1.29 is 4.79 Å². The van der Waals surface area contributed by atoms with Crippen molar-refractivity contribution in [2.24, 2.45) is 0 Å². The molecule has 5 heteroatoms. The van der Waals surface area contributed by atoms with Crippen LogP contribution in [0.1, 0.15) is 5.56 Å². The molecule has 3 N–H and O–H groups in total. The van der Waals surface area contributed by atoms with E-state index in [-0.39, 0.29) is 12.3 Å². The second-order valence-corrected chi connectivity index (χ2v) is 4.71. The molecule has 0 unspecified atom stereocenters. The van der Waals surface area contributed by atoms with E-state index in [2.05, 4.69) is 26.2 Å². The highest BCUT2D eigenvalue weighted by molar-refractivity contribution is 9.10. The van der Waals surface area contributed by atoms with Crippen molar-refractivity contribution in [1.82, 2.24) is 4.98 Å². The number of nitrogens with one attached hydrogen (secondary N) is 1. The van der Waals surface area contributed by atoms with Gasteiger partial charge in [0.25, 0.3) is 0 Å². The van der Waals surface area contributed by atoms with E-state index < -0.39 is 0 Å². The number of amides is 1. The Morgan fingerprint density at radius 3 is 2.89 bits per heavy atom. The lowest BCUT2D eigenvalue weighted by molar-refractivity contribution is -0.115. The third-order valence-corrected chi connectivity index (χ3v) is 2.84. The molecule has 1 heterocycles. The molecule has 92 valence electrons. The Morgan fingerprint density at radius 1 is 1.33 bits per heavy atom. The number of anilines is 2. The molecular formula is C13H12BrN3O.